The second kappa shape index (κ2) is 15.2. The summed E-state index contributed by atoms with van der Waals surface area (Å²) in [6.45, 7) is 10.7. The number of amides is 2. The minimum atomic E-state index is -3.30. The molecule has 1 heterocycles. The molecule has 212 valence electrons. The van der Waals surface area contributed by atoms with Gasteiger partial charge in [-0.2, -0.15) is 0 Å². The first-order chi connectivity index (χ1) is 17.6. The van der Waals surface area contributed by atoms with Crippen LogP contribution in [0.3, 0.4) is 0 Å². The fourth-order valence-corrected chi connectivity index (χ4v) is 4.99. The van der Waals surface area contributed by atoms with Gasteiger partial charge in [0.2, 0.25) is 10.0 Å². The summed E-state index contributed by atoms with van der Waals surface area (Å²) in [5.41, 5.74) is 1.72. The number of hydrogen-bond acceptors (Lipinski definition) is 5. The first-order valence-electron chi connectivity index (χ1n) is 13.2. The molecular formula is C28H43ClN4O4S. The number of piperidine rings is 1. The molecule has 1 saturated heterocycles. The number of likely N-dealkylation sites (tertiary alicyclic amines) is 1. The number of benzene rings is 2. The molecule has 10 heteroatoms. The van der Waals surface area contributed by atoms with Gasteiger partial charge in [0.25, 0.3) is 0 Å². The molecule has 2 aromatic carbocycles. The molecule has 0 bridgehead atoms. The largest absolute Gasteiger partial charge is 0.457 e. The minimum absolute atomic E-state index is 0. The van der Waals surface area contributed by atoms with Crippen molar-refractivity contribution in [3.8, 4) is 11.5 Å². The fourth-order valence-electron chi connectivity index (χ4n) is 4.42. The zero-order valence-electron chi connectivity index (χ0n) is 23.0. The van der Waals surface area contributed by atoms with Gasteiger partial charge in [0.15, 0.2) is 0 Å². The van der Waals surface area contributed by atoms with Crippen LogP contribution < -0.4 is 14.8 Å². The van der Waals surface area contributed by atoms with E-state index in [0.717, 1.165) is 63.9 Å². The molecule has 0 aliphatic carbocycles. The van der Waals surface area contributed by atoms with Crippen molar-refractivity contribution in [2.75, 3.05) is 37.2 Å². The van der Waals surface area contributed by atoms with Gasteiger partial charge in [-0.3, -0.25) is 9.62 Å². The van der Waals surface area contributed by atoms with Gasteiger partial charge in [-0.1, -0.05) is 39.3 Å². The van der Waals surface area contributed by atoms with Crippen LogP contribution in [0.2, 0.25) is 0 Å². The third-order valence-electron chi connectivity index (χ3n) is 6.40. The first-order valence-corrected chi connectivity index (χ1v) is 15.1. The van der Waals surface area contributed by atoms with Gasteiger partial charge in [0, 0.05) is 44.5 Å². The summed E-state index contributed by atoms with van der Waals surface area (Å²) in [5.74, 6) is 1.81. The Bertz CT molecular complexity index is 1090. The predicted octanol–water partition coefficient (Wildman–Crippen LogP) is 5.70. The van der Waals surface area contributed by atoms with Crippen molar-refractivity contribution in [1.82, 2.24) is 15.1 Å². The second-order valence-electron chi connectivity index (χ2n) is 10.3. The van der Waals surface area contributed by atoms with E-state index >= 15 is 0 Å². The van der Waals surface area contributed by atoms with Crippen molar-refractivity contribution in [3.05, 3.63) is 54.1 Å². The number of halogens is 1. The van der Waals surface area contributed by atoms with Crippen LogP contribution in [0.15, 0.2) is 48.5 Å². The molecule has 2 N–H and O–H groups in total. The highest BCUT2D eigenvalue weighted by Gasteiger charge is 2.27. The maximum atomic E-state index is 12.8. The Hall–Kier alpha value is -2.49. The molecule has 0 aromatic heterocycles. The van der Waals surface area contributed by atoms with E-state index in [1.807, 2.05) is 12.1 Å². The van der Waals surface area contributed by atoms with Crippen LogP contribution in [-0.2, 0) is 16.6 Å². The highest BCUT2D eigenvalue weighted by Crippen LogP contribution is 2.25. The highest BCUT2D eigenvalue weighted by molar-refractivity contribution is 7.92. The quantitative estimate of drug-likeness (QED) is 0.344. The Morgan fingerprint density at radius 3 is 2.16 bits per heavy atom. The van der Waals surface area contributed by atoms with Crippen LogP contribution in [0.5, 0.6) is 11.5 Å². The fraction of sp³-hybridized carbons (Fsp3) is 0.536. The van der Waals surface area contributed by atoms with Gasteiger partial charge >= 0.3 is 6.03 Å². The maximum absolute atomic E-state index is 12.8. The standard InChI is InChI=1S/C28H42N4O4S.ClH/c1-5-6-17-32(28(33)29-20-22(2)3)25-15-18-31(19-16-25)21-23-7-11-26(12-8-23)36-27-13-9-24(10-14-27)30-37(4,34)35;/h7-14,22,25,30H,5-6,15-21H2,1-4H3,(H,29,33);1H. The summed E-state index contributed by atoms with van der Waals surface area (Å²) in [5, 5.41) is 3.11. The number of ether oxygens (including phenoxy) is 1. The lowest BCUT2D eigenvalue weighted by Gasteiger charge is -2.38. The number of carbonyl (C=O) groups is 1. The Kier molecular flexibility index (Phi) is 12.7. The van der Waals surface area contributed by atoms with E-state index in [0.29, 0.717) is 29.9 Å². The monoisotopic (exact) mass is 566 g/mol. The topological polar surface area (TPSA) is 91.0 Å². The van der Waals surface area contributed by atoms with E-state index in [1.165, 1.54) is 5.56 Å². The van der Waals surface area contributed by atoms with Gasteiger partial charge in [-0.15, -0.1) is 12.4 Å². The van der Waals surface area contributed by atoms with E-state index in [9.17, 15) is 13.2 Å². The highest BCUT2D eigenvalue weighted by atomic mass is 35.5. The third-order valence-corrected chi connectivity index (χ3v) is 7.00. The normalized spacial score (nSPS) is 14.6. The van der Waals surface area contributed by atoms with Crippen molar-refractivity contribution in [3.63, 3.8) is 0 Å². The van der Waals surface area contributed by atoms with E-state index in [-0.39, 0.29) is 18.4 Å². The first kappa shape index (κ1) is 31.7. The number of sulfonamides is 1. The van der Waals surface area contributed by atoms with Gasteiger partial charge < -0.3 is 15.0 Å². The molecule has 1 aliphatic heterocycles. The van der Waals surface area contributed by atoms with Gasteiger partial charge in [0.1, 0.15) is 11.5 Å². The summed E-state index contributed by atoms with van der Waals surface area (Å²) in [6, 6.07) is 15.3. The Labute approximate surface area is 234 Å². The Morgan fingerprint density at radius 2 is 1.63 bits per heavy atom. The van der Waals surface area contributed by atoms with Crippen molar-refractivity contribution in [2.45, 2.75) is 59.0 Å². The smallest absolute Gasteiger partial charge is 0.317 e. The van der Waals surface area contributed by atoms with Crippen molar-refractivity contribution in [1.29, 1.82) is 0 Å². The molecule has 0 spiro atoms. The summed E-state index contributed by atoms with van der Waals surface area (Å²) < 4.78 is 31.0. The van der Waals surface area contributed by atoms with E-state index < -0.39 is 10.0 Å². The van der Waals surface area contributed by atoms with Crippen molar-refractivity contribution >= 4 is 34.1 Å². The summed E-state index contributed by atoms with van der Waals surface area (Å²) in [4.78, 5) is 17.3. The van der Waals surface area contributed by atoms with Crippen LogP contribution in [0.25, 0.3) is 0 Å². The molecule has 0 radical (unpaired) electrons. The Morgan fingerprint density at radius 1 is 1.05 bits per heavy atom. The average Bonchev–Trinajstić information content (AvgIpc) is 2.85. The zero-order valence-corrected chi connectivity index (χ0v) is 24.6. The van der Waals surface area contributed by atoms with Gasteiger partial charge in [-0.25, -0.2) is 13.2 Å². The molecular weight excluding hydrogens is 524 g/mol. The third kappa shape index (κ3) is 10.7. The number of rotatable bonds is 12. The molecule has 0 atom stereocenters. The lowest BCUT2D eigenvalue weighted by atomic mass is 10.0. The number of nitrogens with one attached hydrogen (secondary N) is 2. The second-order valence-corrected chi connectivity index (χ2v) is 12.0. The molecule has 1 aliphatic rings. The maximum Gasteiger partial charge on any atom is 0.317 e. The van der Waals surface area contributed by atoms with Crippen LogP contribution in [-0.4, -0.2) is 62.7 Å². The Balaban J connectivity index is 0.00000507. The predicted molar refractivity (Wildman–Crippen MR) is 157 cm³/mol. The van der Waals surface area contributed by atoms with Crippen LogP contribution in [0, 0.1) is 5.92 Å². The van der Waals surface area contributed by atoms with Crippen LogP contribution in [0.1, 0.15) is 52.0 Å². The van der Waals surface area contributed by atoms with E-state index in [4.69, 9.17) is 4.74 Å². The number of nitrogens with zero attached hydrogens (tertiary/aromatic N) is 2. The zero-order chi connectivity index (χ0) is 26.8. The molecule has 0 unspecified atom stereocenters. The molecule has 38 heavy (non-hydrogen) atoms. The number of carbonyl (C=O) groups excluding carboxylic acids is 1. The number of unbranched alkanes of at least 4 members (excludes halogenated alkanes) is 1. The minimum Gasteiger partial charge on any atom is -0.457 e. The van der Waals surface area contributed by atoms with Crippen LogP contribution >= 0.6 is 12.4 Å². The summed E-state index contributed by atoms with van der Waals surface area (Å²) in [7, 11) is -3.30. The molecule has 2 aromatic rings. The van der Waals surface area contributed by atoms with E-state index in [1.54, 1.807) is 24.3 Å². The lowest BCUT2D eigenvalue weighted by Crippen LogP contribution is -2.51. The number of hydrogen-bond donors (Lipinski definition) is 2. The number of anilines is 1. The van der Waals surface area contributed by atoms with Crippen molar-refractivity contribution < 1.29 is 17.9 Å². The number of urea groups is 1. The summed E-state index contributed by atoms with van der Waals surface area (Å²) in [6.07, 6.45) is 5.22. The average molecular weight is 567 g/mol. The molecule has 0 saturated carbocycles. The molecule has 2 amide bonds. The van der Waals surface area contributed by atoms with Gasteiger partial charge in [0.05, 0.1) is 6.26 Å². The SMILES string of the molecule is CCCCN(C(=O)NCC(C)C)C1CCN(Cc2ccc(Oc3ccc(NS(C)(=O)=O)cc3)cc2)CC1.Cl. The summed E-state index contributed by atoms with van der Waals surface area (Å²) >= 11 is 0. The van der Waals surface area contributed by atoms with Crippen molar-refractivity contribution in [2.24, 2.45) is 5.92 Å². The van der Waals surface area contributed by atoms with Crippen LogP contribution in [0.4, 0.5) is 10.5 Å². The van der Waals surface area contributed by atoms with Gasteiger partial charge in [-0.05, 0) is 67.1 Å². The molecule has 8 nitrogen and oxygen atoms in total. The molecule has 3 rings (SSSR count). The molecule has 1 fully saturated rings. The lowest BCUT2D eigenvalue weighted by molar-refractivity contribution is 0.116. The van der Waals surface area contributed by atoms with E-state index in [2.05, 4.69) is 52.7 Å².